The van der Waals surface area contributed by atoms with Gasteiger partial charge in [0.15, 0.2) is 0 Å². The zero-order chi connectivity index (χ0) is 13.5. The minimum absolute atomic E-state index is 0. The number of carbonyl (C=O) groups excluding carboxylic acids is 1. The number of hydrogen-bond acceptors (Lipinski definition) is 4. The highest BCUT2D eigenvalue weighted by atomic mass is 35.5. The summed E-state index contributed by atoms with van der Waals surface area (Å²) in [5.74, 6) is 2.43. The fraction of sp³-hybridized carbons (Fsp3) is 0.500. The van der Waals surface area contributed by atoms with E-state index in [4.69, 9.17) is 4.74 Å². The van der Waals surface area contributed by atoms with Gasteiger partial charge in [0, 0.05) is 42.6 Å². The van der Waals surface area contributed by atoms with Crippen LogP contribution >= 0.6 is 24.2 Å². The first-order chi connectivity index (χ1) is 9.28. The summed E-state index contributed by atoms with van der Waals surface area (Å²) in [6.07, 6.45) is 0.566. The molecule has 0 aromatic heterocycles. The van der Waals surface area contributed by atoms with Crippen molar-refractivity contribution in [3.63, 3.8) is 0 Å². The van der Waals surface area contributed by atoms with Crippen LogP contribution in [0.5, 0.6) is 5.75 Å². The first kappa shape index (κ1) is 17.1. The van der Waals surface area contributed by atoms with Crippen LogP contribution in [-0.2, 0) is 4.79 Å². The Morgan fingerprint density at radius 3 is 2.65 bits per heavy atom. The van der Waals surface area contributed by atoms with Gasteiger partial charge in [-0.05, 0) is 24.3 Å². The Morgan fingerprint density at radius 2 is 2.10 bits per heavy atom. The maximum absolute atomic E-state index is 11.6. The Balaban J connectivity index is 0.00000200. The third kappa shape index (κ3) is 5.61. The third-order valence-corrected chi connectivity index (χ3v) is 4.12. The normalized spacial score (nSPS) is 14.1. The van der Waals surface area contributed by atoms with Gasteiger partial charge in [0.05, 0.1) is 7.11 Å². The first-order valence-electron chi connectivity index (χ1n) is 6.52. The molecule has 0 bridgehead atoms. The fourth-order valence-corrected chi connectivity index (χ4v) is 2.62. The average Bonchev–Trinajstić information content (AvgIpc) is 2.38. The summed E-state index contributed by atoms with van der Waals surface area (Å²) in [5.41, 5.74) is 0. The highest BCUT2D eigenvalue weighted by molar-refractivity contribution is 7.99. The summed E-state index contributed by atoms with van der Waals surface area (Å²) >= 11 is 1.69. The highest BCUT2D eigenvalue weighted by Crippen LogP contribution is 2.21. The molecule has 0 aliphatic carbocycles. The van der Waals surface area contributed by atoms with Crippen LogP contribution in [0.3, 0.4) is 0 Å². The summed E-state index contributed by atoms with van der Waals surface area (Å²) in [6.45, 7) is 2.86. The molecule has 1 amide bonds. The Kier molecular flexibility index (Phi) is 7.80. The standard InChI is InChI=1S/C14H20N2O2S.ClH/c1-18-12-2-4-13(5-3-12)19-7-6-14(17)16-10-11-8-15-9-11;/h2-5,11,15H,6-10H2,1H3,(H,16,17);1H. The largest absolute Gasteiger partial charge is 0.497 e. The highest BCUT2D eigenvalue weighted by Gasteiger charge is 2.16. The Bertz CT molecular complexity index is 410. The smallest absolute Gasteiger partial charge is 0.220 e. The Hall–Kier alpha value is -0.910. The van der Waals surface area contributed by atoms with Gasteiger partial charge in [-0.15, -0.1) is 24.2 Å². The van der Waals surface area contributed by atoms with Crippen molar-refractivity contribution in [2.75, 3.05) is 32.5 Å². The van der Waals surface area contributed by atoms with E-state index in [1.807, 2.05) is 24.3 Å². The number of halogens is 1. The van der Waals surface area contributed by atoms with Crippen LogP contribution in [0.25, 0.3) is 0 Å². The Labute approximate surface area is 130 Å². The molecule has 20 heavy (non-hydrogen) atoms. The van der Waals surface area contributed by atoms with Gasteiger partial charge in [0.1, 0.15) is 5.75 Å². The second-order valence-electron chi connectivity index (χ2n) is 4.60. The molecule has 1 aliphatic heterocycles. The van der Waals surface area contributed by atoms with Crippen molar-refractivity contribution < 1.29 is 9.53 Å². The van der Waals surface area contributed by atoms with E-state index < -0.39 is 0 Å². The Morgan fingerprint density at radius 1 is 1.40 bits per heavy atom. The predicted octanol–water partition coefficient (Wildman–Crippen LogP) is 1.93. The molecule has 0 radical (unpaired) electrons. The minimum Gasteiger partial charge on any atom is -0.497 e. The van der Waals surface area contributed by atoms with Crippen LogP contribution in [0, 0.1) is 5.92 Å². The molecule has 0 unspecified atom stereocenters. The van der Waals surface area contributed by atoms with E-state index >= 15 is 0 Å². The molecule has 0 saturated carbocycles. The van der Waals surface area contributed by atoms with E-state index in [9.17, 15) is 4.79 Å². The number of methoxy groups -OCH3 is 1. The van der Waals surface area contributed by atoms with Gasteiger partial charge in [0.25, 0.3) is 0 Å². The summed E-state index contributed by atoms with van der Waals surface area (Å²) in [6, 6.07) is 7.90. The SMILES string of the molecule is COc1ccc(SCCC(=O)NCC2CNC2)cc1.Cl. The summed E-state index contributed by atoms with van der Waals surface area (Å²) < 4.78 is 5.10. The minimum atomic E-state index is 0. The van der Waals surface area contributed by atoms with E-state index in [0.29, 0.717) is 12.3 Å². The number of benzene rings is 1. The molecule has 4 nitrogen and oxygen atoms in total. The van der Waals surface area contributed by atoms with E-state index in [0.717, 1.165) is 36.0 Å². The quantitative estimate of drug-likeness (QED) is 0.755. The maximum atomic E-state index is 11.6. The second-order valence-corrected chi connectivity index (χ2v) is 5.77. The van der Waals surface area contributed by atoms with Gasteiger partial charge >= 0.3 is 0 Å². The van der Waals surface area contributed by atoms with Crippen molar-refractivity contribution in [3.8, 4) is 5.75 Å². The molecule has 0 spiro atoms. The lowest BCUT2D eigenvalue weighted by molar-refractivity contribution is -0.120. The molecule has 112 valence electrons. The molecule has 2 N–H and O–H groups in total. The van der Waals surface area contributed by atoms with Gasteiger partial charge < -0.3 is 15.4 Å². The molecule has 6 heteroatoms. The van der Waals surface area contributed by atoms with Crippen LogP contribution in [0.15, 0.2) is 29.2 Å². The molecular weight excluding hydrogens is 296 g/mol. The molecule has 1 aromatic carbocycles. The van der Waals surface area contributed by atoms with E-state index in [2.05, 4.69) is 10.6 Å². The number of nitrogens with one attached hydrogen (secondary N) is 2. The van der Waals surface area contributed by atoms with E-state index in [1.54, 1.807) is 18.9 Å². The molecular formula is C14H21ClN2O2S. The molecule has 1 saturated heterocycles. The lowest BCUT2D eigenvalue weighted by Gasteiger charge is -2.27. The number of ether oxygens (including phenoxy) is 1. The summed E-state index contributed by atoms with van der Waals surface area (Å²) in [4.78, 5) is 12.8. The molecule has 0 atom stereocenters. The van der Waals surface area contributed by atoms with Crippen molar-refractivity contribution in [1.29, 1.82) is 0 Å². The second kappa shape index (κ2) is 9.10. The number of rotatable bonds is 7. The topological polar surface area (TPSA) is 50.4 Å². The van der Waals surface area contributed by atoms with Crippen molar-refractivity contribution in [3.05, 3.63) is 24.3 Å². The van der Waals surface area contributed by atoms with Crippen molar-refractivity contribution in [2.45, 2.75) is 11.3 Å². The zero-order valence-electron chi connectivity index (χ0n) is 11.6. The molecule has 1 fully saturated rings. The fourth-order valence-electron chi connectivity index (χ4n) is 1.77. The van der Waals surface area contributed by atoms with Crippen LogP contribution < -0.4 is 15.4 Å². The van der Waals surface area contributed by atoms with Gasteiger partial charge in [-0.3, -0.25) is 4.79 Å². The predicted molar refractivity (Wildman–Crippen MR) is 85.0 cm³/mol. The lowest BCUT2D eigenvalue weighted by Crippen LogP contribution is -2.48. The summed E-state index contributed by atoms with van der Waals surface area (Å²) in [7, 11) is 1.66. The molecule has 1 aromatic rings. The molecule has 2 rings (SSSR count). The van der Waals surface area contributed by atoms with E-state index in [-0.39, 0.29) is 18.3 Å². The van der Waals surface area contributed by atoms with Gasteiger partial charge in [0.2, 0.25) is 5.91 Å². The number of hydrogen-bond donors (Lipinski definition) is 2. The first-order valence-corrected chi connectivity index (χ1v) is 7.51. The lowest BCUT2D eigenvalue weighted by atomic mass is 10.0. The molecule has 1 aliphatic rings. The van der Waals surface area contributed by atoms with Gasteiger partial charge in [-0.1, -0.05) is 0 Å². The summed E-state index contributed by atoms with van der Waals surface area (Å²) in [5, 5.41) is 6.17. The van der Waals surface area contributed by atoms with Crippen LogP contribution in [0.1, 0.15) is 6.42 Å². The van der Waals surface area contributed by atoms with Crippen molar-refractivity contribution in [1.82, 2.24) is 10.6 Å². The maximum Gasteiger partial charge on any atom is 0.220 e. The average molecular weight is 317 g/mol. The van der Waals surface area contributed by atoms with Crippen LogP contribution in [-0.4, -0.2) is 38.4 Å². The number of carbonyl (C=O) groups is 1. The van der Waals surface area contributed by atoms with Crippen LogP contribution in [0.2, 0.25) is 0 Å². The number of thioether (sulfide) groups is 1. The monoisotopic (exact) mass is 316 g/mol. The van der Waals surface area contributed by atoms with Crippen LogP contribution in [0.4, 0.5) is 0 Å². The zero-order valence-corrected chi connectivity index (χ0v) is 13.2. The molecule has 1 heterocycles. The van der Waals surface area contributed by atoms with E-state index in [1.165, 1.54) is 0 Å². The van der Waals surface area contributed by atoms with Gasteiger partial charge in [-0.25, -0.2) is 0 Å². The third-order valence-electron chi connectivity index (χ3n) is 3.11. The van der Waals surface area contributed by atoms with Crippen molar-refractivity contribution in [2.24, 2.45) is 5.92 Å². The number of amides is 1. The van der Waals surface area contributed by atoms with Crippen molar-refractivity contribution >= 4 is 30.1 Å². The van der Waals surface area contributed by atoms with Gasteiger partial charge in [-0.2, -0.15) is 0 Å².